The normalized spacial score (nSPS) is 12.3. The van der Waals surface area contributed by atoms with Gasteiger partial charge in [0.15, 0.2) is 11.6 Å². The monoisotopic (exact) mass is 315 g/mol. The number of furan rings is 1. The van der Waals surface area contributed by atoms with Crippen molar-refractivity contribution in [2.24, 2.45) is 0 Å². The number of halogens is 2. The van der Waals surface area contributed by atoms with Gasteiger partial charge in [0.25, 0.3) is 5.91 Å². The molecule has 118 valence electrons. The second-order valence-corrected chi connectivity index (χ2v) is 5.38. The second kappa shape index (κ2) is 5.83. The molecule has 5 heteroatoms. The van der Waals surface area contributed by atoms with Crippen LogP contribution in [0.15, 0.2) is 46.9 Å². The van der Waals surface area contributed by atoms with Crippen LogP contribution in [0.1, 0.15) is 34.6 Å². The van der Waals surface area contributed by atoms with Gasteiger partial charge in [-0.05, 0) is 32.0 Å². The highest BCUT2D eigenvalue weighted by atomic mass is 19.2. The Morgan fingerprint density at radius 2 is 1.87 bits per heavy atom. The highest BCUT2D eigenvalue weighted by Crippen LogP contribution is 2.29. The van der Waals surface area contributed by atoms with E-state index in [-0.39, 0.29) is 5.56 Å². The SMILES string of the molecule is Cc1c(C(C)NC(=O)c2cccc(F)c2F)oc2ccccc12. The van der Waals surface area contributed by atoms with Gasteiger partial charge in [0.05, 0.1) is 11.6 Å². The van der Waals surface area contributed by atoms with Crippen LogP contribution in [-0.4, -0.2) is 5.91 Å². The van der Waals surface area contributed by atoms with Crippen LogP contribution in [0.3, 0.4) is 0 Å². The largest absolute Gasteiger partial charge is 0.459 e. The summed E-state index contributed by atoms with van der Waals surface area (Å²) in [5.74, 6) is -2.30. The Bertz CT molecular complexity index is 886. The molecule has 0 spiro atoms. The van der Waals surface area contributed by atoms with Crippen LogP contribution in [0.25, 0.3) is 11.0 Å². The summed E-state index contributed by atoms with van der Waals surface area (Å²) < 4.78 is 32.7. The Balaban J connectivity index is 1.88. The molecule has 0 aliphatic rings. The van der Waals surface area contributed by atoms with Gasteiger partial charge in [0.1, 0.15) is 11.3 Å². The van der Waals surface area contributed by atoms with Crippen LogP contribution in [0, 0.1) is 18.6 Å². The van der Waals surface area contributed by atoms with E-state index in [9.17, 15) is 13.6 Å². The molecular formula is C18H15F2NO2. The smallest absolute Gasteiger partial charge is 0.254 e. The van der Waals surface area contributed by atoms with E-state index >= 15 is 0 Å². The molecule has 0 saturated carbocycles. The van der Waals surface area contributed by atoms with E-state index in [0.29, 0.717) is 5.76 Å². The van der Waals surface area contributed by atoms with Gasteiger partial charge in [-0.25, -0.2) is 8.78 Å². The average Bonchev–Trinajstić information content (AvgIpc) is 2.87. The minimum atomic E-state index is -1.15. The first-order valence-corrected chi connectivity index (χ1v) is 7.22. The summed E-state index contributed by atoms with van der Waals surface area (Å²) in [5, 5.41) is 3.60. The number of amides is 1. The maximum absolute atomic E-state index is 13.7. The number of carbonyl (C=O) groups is 1. The van der Waals surface area contributed by atoms with Crippen LogP contribution in [0.2, 0.25) is 0 Å². The predicted molar refractivity (Wildman–Crippen MR) is 83.2 cm³/mol. The van der Waals surface area contributed by atoms with Crippen molar-refractivity contribution in [3.63, 3.8) is 0 Å². The first-order chi connectivity index (χ1) is 11.0. The minimum absolute atomic E-state index is 0.328. The molecule has 23 heavy (non-hydrogen) atoms. The molecule has 1 N–H and O–H groups in total. The fourth-order valence-electron chi connectivity index (χ4n) is 2.63. The van der Waals surface area contributed by atoms with Crippen LogP contribution < -0.4 is 5.32 Å². The molecule has 3 nitrogen and oxygen atoms in total. The molecular weight excluding hydrogens is 300 g/mol. The minimum Gasteiger partial charge on any atom is -0.459 e. The van der Waals surface area contributed by atoms with E-state index < -0.39 is 23.6 Å². The van der Waals surface area contributed by atoms with E-state index in [0.717, 1.165) is 22.6 Å². The first kappa shape index (κ1) is 15.2. The molecule has 1 amide bonds. The quantitative estimate of drug-likeness (QED) is 0.772. The fourth-order valence-corrected chi connectivity index (χ4v) is 2.63. The lowest BCUT2D eigenvalue weighted by Gasteiger charge is -2.13. The molecule has 1 aromatic heterocycles. The molecule has 0 aliphatic heterocycles. The summed E-state index contributed by atoms with van der Waals surface area (Å²) in [7, 11) is 0. The number of carbonyl (C=O) groups excluding carboxylic acids is 1. The molecule has 2 aromatic carbocycles. The topological polar surface area (TPSA) is 42.2 Å². The molecule has 0 radical (unpaired) electrons. The van der Waals surface area contributed by atoms with Crippen molar-refractivity contribution in [3.05, 3.63) is 71.0 Å². The van der Waals surface area contributed by atoms with Gasteiger partial charge in [-0.1, -0.05) is 24.3 Å². The van der Waals surface area contributed by atoms with Crippen molar-refractivity contribution in [1.29, 1.82) is 0 Å². The zero-order valence-corrected chi connectivity index (χ0v) is 12.7. The first-order valence-electron chi connectivity index (χ1n) is 7.22. The van der Waals surface area contributed by atoms with Crippen molar-refractivity contribution >= 4 is 16.9 Å². The third-order valence-electron chi connectivity index (χ3n) is 3.82. The Morgan fingerprint density at radius 1 is 1.13 bits per heavy atom. The van der Waals surface area contributed by atoms with Gasteiger partial charge in [-0.15, -0.1) is 0 Å². The summed E-state index contributed by atoms with van der Waals surface area (Å²) in [5.41, 5.74) is 1.30. The molecule has 0 fully saturated rings. The number of aryl methyl sites for hydroxylation is 1. The maximum Gasteiger partial charge on any atom is 0.254 e. The molecule has 0 bridgehead atoms. The summed E-state index contributed by atoms with van der Waals surface area (Å²) in [6.45, 7) is 3.63. The molecule has 0 aliphatic carbocycles. The Labute approximate surface area is 131 Å². The lowest BCUT2D eigenvalue weighted by Crippen LogP contribution is -2.27. The second-order valence-electron chi connectivity index (χ2n) is 5.38. The number of fused-ring (bicyclic) bond motifs is 1. The standard InChI is InChI=1S/C18H15F2NO2/c1-10-12-6-3-4-9-15(12)23-17(10)11(2)21-18(22)13-7-5-8-14(19)16(13)20/h3-9,11H,1-2H3,(H,21,22). The number of nitrogens with one attached hydrogen (secondary N) is 1. The number of benzene rings is 2. The third-order valence-corrected chi connectivity index (χ3v) is 3.82. The van der Waals surface area contributed by atoms with Gasteiger partial charge in [-0.3, -0.25) is 4.79 Å². The Morgan fingerprint density at radius 3 is 2.61 bits per heavy atom. The van der Waals surface area contributed by atoms with Gasteiger partial charge >= 0.3 is 0 Å². The van der Waals surface area contributed by atoms with Crippen molar-refractivity contribution in [2.75, 3.05) is 0 Å². The van der Waals surface area contributed by atoms with Crippen molar-refractivity contribution in [1.82, 2.24) is 5.32 Å². The van der Waals surface area contributed by atoms with Gasteiger partial charge in [-0.2, -0.15) is 0 Å². The average molecular weight is 315 g/mol. The zero-order valence-electron chi connectivity index (χ0n) is 12.7. The van der Waals surface area contributed by atoms with E-state index in [1.54, 1.807) is 6.92 Å². The lowest BCUT2D eigenvalue weighted by atomic mass is 10.1. The molecule has 1 unspecified atom stereocenters. The molecule has 1 heterocycles. The van der Waals surface area contributed by atoms with E-state index in [1.165, 1.54) is 12.1 Å². The lowest BCUT2D eigenvalue weighted by molar-refractivity contribution is 0.0930. The predicted octanol–water partition coefficient (Wildman–Crippen LogP) is 4.51. The van der Waals surface area contributed by atoms with Crippen molar-refractivity contribution in [3.8, 4) is 0 Å². The fraction of sp³-hybridized carbons (Fsp3) is 0.167. The van der Waals surface area contributed by atoms with Crippen LogP contribution in [0.4, 0.5) is 8.78 Å². The van der Waals surface area contributed by atoms with E-state index in [1.807, 2.05) is 31.2 Å². The van der Waals surface area contributed by atoms with Crippen LogP contribution in [0.5, 0.6) is 0 Å². The number of hydrogen-bond donors (Lipinski definition) is 1. The highest BCUT2D eigenvalue weighted by molar-refractivity contribution is 5.94. The van der Waals surface area contributed by atoms with Crippen LogP contribution in [-0.2, 0) is 0 Å². The van der Waals surface area contributed by atoms with Gasteiger partial charge < -0.3 is 9.73 Å². The molecule has 3 aromatic rings. The van der Waals surface area contributed by atoms with Crippen molar-refractivity contribution in [2.45, 2.75) is 19.9 Å². The van der Waals surface area contributed by atoms with E-state index in [4.69, 9.17) is 4.42 Å². The third kappa shape index (κ3) is 2.70. The summed E-state index contributed by atoms with van der Waals surface area (Å²) >= 11 is 0. The highest BCUT2D eigenvalue weighted by Gasteiger charge is 2.21. The molecule has 0 saturated heterocycles. The maximum atomic E-state index is 13.7. The number of rotatable bonds is 3. The molecule has 1 atom stereocenters. The van der Waals surface area contributed by atoms with Crippen molar-refractivity contribution < 1.29 is 18.0 Å². The molecule has 3 rings (SSSR count). The summed E-state index contributed by atoms with van der Waals surface area (Å²) in [6.07, 6.45) is 0. The summed E-state index contributed by atoms with van der Waals surface area (Å²) in [6, 6.07) is 10.6. The zero-order chi connectivity index (χ0) is 16.6. The Kier molecular flexibility index (Phi) is 3.86. The van der Waals surface area contributed by atoms with Crippen LogP contribution >= 0.6 is 0 Å². The van der Waals surface area contributed by atoms with E-state index in [2.05, 4.69) is 5.32 Å². The Hall–Kier alpha value is -2.69. The summed E-state index contributed by atoms with van der Waals surface area (Å²) in [4.78, 5) is 12.2. The van der Waals surface area contributed by atoms with Gasteiger partial charge in [0.2, 0.25) is 0 Å². The van der Waals surface area contributed by atoms with Gasteiger partial charge in [0, 0.05) is 10.9 Å². The number of hydrogen-bond acceptors (Lipinski definition) is 2. The number of para-hydroxylation sites is 1.